The van der Waals surface area contributed by atoms with Crippen LogP contribution in [0.25, 0.3) is 0 Å². The van der Waals surface area contributed by atoms with Crippen molar-refractivity contribution < 1.29 is 4.79 Å². The van der Waals surface area contributed by atoms with E-state index in [4.69, 9.17) is 23.2 Å². The van der Waals surface area contributed by atoms with Crippen LogP contribution in [0.15, 0.2) is 30.6 Å². The van der Waals surface area contributed by atoms with Crippen LogP contribution in [0.1, 0.15) is 17.0 Å². The van der Waals surface area contributed by atoms with Gasteiger partial charge < -0.3 is 10.6 Å². The lowest BCUT2D eigenvalue weighted by Gasteiger charge is -2.17. The standard InChI is InChI=1S/C17H20Cl2N4O/c1-23-10-11(7-22-23)13-8-20-9-14(13)17(24)21-6-5-12-15(18)3-2-4-16(12)19/h2-4,7,10,13-14,20H,5-6,8-9H2,1H3,(H,21,24)/t13-,14+/m1/s1. The minimum Gasteiger partial charge on any atom is -0.355 e. The van der Waals surface area contributed by atoms with E-state index < -0.39 is 0 Å². The van der Waals surface area contributed by atoms with Crippen LogP contribution >= 0.6 is 23.2 Å². The van der Waals surface area contributed by atoms with Crippen LogP contribution in [0.5, 0.6) is 0 Å². The number of rotatable bonds is 5. The summed E-state index contributed by atoms with van der Waals surface area (Å²) in [6.07, 6.45) is 4.42. The quantitative estimate of drug-likeness (QED) is 0.853. The molecule has 5 nitrogen and oxygen atoms in total. The SMILES string of the molecule is Cn1cc([C@H]2CNC[C@@H]2C(=O)NCCc2c(Cl)cccc2Cl)cn1. The Labute approximate surface area is 151 Å². The molecule has 128 valence electrons. The molecule has 1 aromatic carbocycles. The maximum absolute atomic E-state index is 12.6. The second kappa shape index (κ2) is 7.55. The van der Waals surface area contributed by atoms with E-state index in [0.29, 0.717) is 29.6 Å². The van der Waals surface area contributed by atoms with Crippen LogP contribution in [0.4, 0.5) is 0 Å². The van der Waals surface area contributed by atoms with Gasteiger partial charge in [-0.1, -0.05) is 29.3 Å². The van der Waals surface area contributed by atoms with Gasteiger partial charge in [-0.3, -0.25) is 9.48 Å². The predicted octanol–water partition coefficient (Wildman–Crippen LogP) is 2.39. The first-order chi connectivity index (χ1) is 11.6. The van der Waals surface area contributed by atoms with Crippen LogP contribution < -0.4 is 10.6 Å². The summed E-state index contributed by atoms with van der Waals surface area (Å²) in [6.45, 7) is 1.98. The first kappa shape index (κ1) is 17.3. The van der Waals surface area contributed by atoms with Crippen molar-refractivity contribution in [3.05, 3.63) is 51.8 Å². The van der Waals surface area contributed by atoms with Crippen molar-refractivity contribution in [1.29, 1.82) is 0 Å². The number of aryl methyl sites for hydroxylation is 1. The van der Waals surface area contributed by atoms with Crippen molar-refractivity contribution >= 4 is 29.1 Å². The molecule has 2 atom stereocenters. The topological polar surface area (TPSA) is 59.0 Å². The van der Waals surface area contributed by atoms with Crippen molar-refractivity contribution in [2.75, 3.05) is 19.6 Å². The van der Waals surface area contributed by atoms with E-state index in [9.17, 15) is 4.79 Å². The molecule has 1 fully saturated rings. The monoisotopic (exact) mass is 366 g/mol. The Morgan fingerprint density at radius 3 is 2.79 bits per heavy atom. The minimum absolute atomic E-state index is 0.0528. The molecular formula is C17H20Cl2N4O. The van der Waals surface area contributed by atoms with Crippen molar-refractivity contribution in [3.63, 3.8) is 0 Å². The van der Waals surface area contributed by atoms with Crippen LogP contribution in [-0.2, 0) is 18.3 Å². The highest BCUT2D eigenvalue weighted by Gasteiger charge is 2.34. The summed E-state index contributed by atoms with van der Waals surface area (Å²) >= 11 is 12.3. The average molecular weight is 367 g/mol. The lowest BCUT2D eigenvalue weighted by atomic mass is 9.90. The summed E-state index contributed by atoms with van der Waals surface area (Å²) < 4.78 is 1.77. The highest BCUT2D eigenvalue weighted by atomic mass is 35.5. The molecule has 0 unspecified atom stereocenters. The molecule has 2 N–H and O–H groups in total. The molecule has 7 heteroatoms. The average Bonchev–Trinajstić information content (AvgIpc) is 3.18. The Bertz CT molecular complexity index is 711. The zero-order valence-corrected chi connectivity index (χ0v) is 14.9. The molecule has 0 saturated carbocycles. The third-order valence-corrected chi connectivity index (χ3v) is 5.15. The van der Waals surface area contributed by atoms with Gasteiger partial charge in [0.05, 0.1) is 12.1 Å². The van der Waals surface area contributed by atoms with Gasteiger partial charge in [-0.2, -0.15) is 5.10 Å². The van der Waals surface area contributed by atoms with Gasteiger partial charge >= 0.3 is 0 Å². The Morgan fingerprint density at radius 1 is 1.38 bits per heavy atom. The first-order valence-corrected chi connectivity index (χ1v) is 8.71. The van der Waals surface area contributed by atoms with Gasteiger partial charge in [-0.15, -0.1) is 0 Å². The number of carbonyl (C=O) groups is 1. The van der Waals surface area contributed by atoms with Gasteiger partial charge in [-0.05, 0) is 29.7 Å². The maximum atomic E-state index is 12.6. The molecule has 0 spiro atoms. The van der Waals surface area contributed by atoms with E-state index in [0.717, 1.165) is 17.7 Å². The molecule has 0 radical (unpaired) electrons. The molecule has 1 saturated heterocycles. The molecule has 0 bridgehead atoms. The van der Waals surface area contributed by atoms with E-state index in [-0.39, 0.29) is 17.7 Å². The third-order valence-electron chi connectivity index (χ3n) is 4.44. The molecule has 24 heavy (non-hydrogen) atoms. The minimum atomic E-state index is -0.0871. The van der Waals surface area contributed by atoms with E-state index in [1.807, 2.05) is 37.6 Å². The first-order valence-electron chi connectivity index (χ1n) is 7.96. The van der Waals surface area contributed by atoms with Gasteiger partial charge in [0.2, 0.25) is 5.91 Å². The lowest BCUT2D eigenvalue weighted by Crippen LogP contribution is -2.35. The third kappa shape index (κ3) is 3.74. The van der Waals surface area contributed by atoms with Crippen LogP contribution in [0, 0.1) is 5.92 Å². The summed E-state index contributed by atoms with van der Waals surface area (Å²) in [5, 5.41) is 11.8. The fraction of sp³-hybridized carbons (Fsp3) is 0.412. The number of nitrogens with one attached hydrogen (secondary N) is 2. The number of halogens is 2. The van der Waals surface area contributed by atoms with Crippen molar-refractivity contribution in [2.45, 2.75) is 12.3 Å². The second-order valence-corrected chi connectivity index (χ2v) is 6.87. The number of hydrogen-bond acceptors (Lipinski definition) is 3. The summed E-state index contributed by atoms with van der Waals surface area (Å²) in [6, 6.07) is 5.43. The largest absolute Gasteiger partial charge is 0.355 e. The number of nitrogens with zero attached hydrogens (tertiary/aromatic N) is 2. The Hall–Kier alpha value is -1.56. The van der Waals surface area contributed by atoms with E-state index in [1.165, 1.54) is 0 Å². The van der Waals surface area contributed by atoms with E-state index in [2.05, 4.69) is 15.7 Å². The number of amides is 1. The van der Waals surface area contributed by atoms with Crippen molar-refractivity contribution in [2.24, 2.45) is 13.0 Å². The molecule has 1 aromatic heterocycles. The molecule has 2 aromatic rings. The van der Waals surface area contributed by atoms with Gasteiger partial charge in [0, 0.05) is 48.8 Å². The zero-order chi connectivity index (χ0) is 17.1. The smallest absolute Gasteiger partial charge is 0.225 e. The molecular weight excluding hydrogens is 347 g/mol. The summed E-state index contributed by atoms with van der Waals surface area (Å²) in [5.74, 6) is 0.121. The van der Waals surface area contributed by atoms with Crippen molar-refractivity contribution in [1.82, 2.24) is 20.4 Å². The molecule has 1 amide bonds. The number of benzene rings is 1. The van der Waals surface area contributed by atoms with E-state index in [1.54, 1.807) is 4.68 Å². The van der Waals surface area contributed by atoms with Gasteiger partial charge in [0.15, 0.2) is 0 Å². The molecule has 1 aliphatic rings. The van der Waals surface area contributed by atoms with Crippen molar-refractivity contribution in [3.8, 4) is 0 Å². The Kier molecular flexibility index (Phi) is 5.43. The van der Waals surface area contributed by atoms with Crippen LogP contribution in [-0.4, -0.2) is 35.3 Å². The van der Waals surface area contributed by atoms with Crippen LogP contribution in [0.3, 0.4) is 0 Å². The van der Waals surface area contributed by atoms with Crippen LogP contribution in [0.2, 0.25) is 10.0 Å². The van der Waals surface area contributed by atoms with E-state index >= 15 is 0 Å². The zero-order valence-electron chi connectivity index (χ0n) is 13.4. The summed E-state index contributed by atoms with van der Waals surface area (Å²) in [7, 11) is 1.88. The lowest BCUT2D eigenvalue weighted by molar-refractivity contribution is -0.124. The second-order valence-electron chi connectivity index (χ2n) is 6.06. The fourth-order valence-electron chi connectivity index (χ4n) is 3.15. The van der Waals surface area contributed by atoms with Gasteiger partial charge in [0.25, 0.3) is 0 Å². The van der Waals surface area contributed by atoms with Gasteiger partial charge in [0.1, 0.15) is 0 Å². The molecule has 0 aliphatic carbocycles. The number of carbonyl (C=O) groups excluding carboxylic acids is 1. The molecule has 3 rings (SSSR count). The predicted molar refractivity (Wildman–Crippen MR) is 95.5 cm³/mol. The molecule has 1 aliphatic heterocycles. The fourth-order valence-corrected chi connectivity index (χ4v) is 3.74. The highest BCUT2D eigenvalue weighted by molar-refractivity contribution is 6.35. The Morgan fingerprint density at radius 2 is 2.12 bits per heavy atom. The Balaban J connectivity index is 1.58. The summed E-state index contributed by atoms with van der Waals surface area (Å²) in [5.41, 5.74) is 1.96. The van der Waals surface area contributed by atoms with Gasteiger partial charge in [-0.25, -0.2) is 0 Å². The normalized spacial score (nSPS) is 20.3. The molecule has 2 heterocycles. The number of hydrogen-bond donors (Lipinski definition) is 2. The number of aromatic nitrogens is 2. The highest BCUT2D eigenvalue weighted by Crippen LogP contribution is 2.28. The summed E-state index contributed by atoms with van der Waals surface area (Å²) in [4.78, 5) is 12.6. The maximum Gasteiger partial charge on any atom is 0.225 e.